The lowest BCUT2D eigenvalue weighted by atomic mass is 10.1. The molecule has 17 heavy (non-hydrogen) atoms. The van der Waals surface area contributed by atoms with E-state index in [9.17, 15) is 9.90 Å². The Morgan fingerprint density at radius 1 is 1.65 bits per heavy atom. The van der Waals surface area contributed by atoms with Crippen molar-refractivity contribution in [2.24, 2.45) is 5.92 Å². The fraction of sp³-hybridized carbons (Fsp3) is 0.667. The molecule has 5 nitrogen and oxygen atoms in total. The van der Waals surface area contributed by atoms with Crippen molar-refractivity contribution in [3.05, 3.63) is 17.5 Å². The Morgan fingerprint density at radius 3 is 2.94 bits per heavy atom. The smallest absolute Gasteiger partial charge is 0.274 e. The average Bonchev–Trinajstić information content (AvgIpc) is 2.88. The fourth-order valence-electron chi connectivity index (χ4n) is 2.39. The number of H-pyrrole nitrogens is 1. The van der Waals surface area contributed by atoms with Gasteiger partial charge in [0.1, 0.15) is 5.69 Å². The first-order valence-corrected chi connectivity index (χ1v) is 6.03. The summed E-state index contributed by atoms with van der Waals surface area (Å²) < 4.78 is 0. The lowest BCUT2D eigenvalue weighted by molar-refractivity contribution is 0.0688. The van der Waals surface area contributed by atoms with E-state index in [2.05, 4.69) is 10.2 Å². The second-order valence-corrected chi connectivity index (χ2v) is 4.88. The summed E-state index contributed by atoms with van der Waals surface area (Å²) in [6.45, 7) is 2.47. The SMILES string of the molecule is Cc1cc(C(=O)N(C)CC2CCCC2O)n[nH]1. The van der Waals surface area contributed by atoms with Crippen LogP contribution in [0.2, 0.25) is 0 Å². The number of amides is 1. The number of carbonyl (C=O) groups is 1. The van der Waals surface area contributed by atoms with Crippen LogP contribution in [0.3, 0.4) is 0 Å². The van der Waals surface area contributed by atoms with Crippen molar-refractivity contribution in [2.45, 2.75) is 32.3 Å². The summed E-state index contributed by atoms with van der Waals surface area (Å²) in [7, 11) is 1.76. The van der Waals surface area contributed by atoms with Gasteiger partial charge in [0, 0.05) is 25.2 Å². The first-order chi connectivity index (χ1) is 8.08. The molecule has 1 aliphatic carbocycles. The van der Waals surface area contributed by atoms with Gasteiger partial charge in [-0.25, -0.2) is 0 Å². The minimum absolute atomic E-state index is 0.0894. The van der Waals surface area contributed by atoms with Gasteiger partial charge in [-0.2, -0.15) is 5.10 Å². The summed E-state index contributed by atoms with van der Waals surface area (Å²) in [6, 6.07) is 1.74. The van der Waals surface area contributed by atoms with Gasteiger partial charge in [-0.3, -0.25) is 9.89 Å². The number of hydrogen-bond donors (Lipinski definition) is 2. The number of aliphatic hydroxyl groups excluding tert-OH is 1. The Morgan fingerprint density at radius 2 is 2.41 bits per heavy atom. The summed E-state index contributed by atoms with van der Waals surface area (Å²) in [5, 5.41) is 16.4. The number of nitrogens with one attached hydrogen (secondary N) is 1. The van der Waals surface area contributed by atoms with Crippen LogP contribution in [0.25, 0.3) is 0 Å². The molecular formula is C12H19N3O2. The number of hydrogen-bond acceptors (Lipinski definition) is 3. The number of carbonyl (C=O) groups excluding carboxylic acids is 1. The van der Waals surface area contributed by atoms with E-state index < -0.39 is 0 Å². The van der Waals surface area contributed by atoms with Gasteiger partial charge in [0.05, 0.1) is 6.10 Å². The van der Waals surface area contributed by atoms with Gasteiger partial charge in [-0.15, -0.1) is 0 Å². The third kappa shape index (κ3) is 2.66. The highest BCUT2D eigenvalue weighted by molar-refractivity contribution is 5.92. The van der Waals surface area contributed by atoms with Crippen LogP contribution in [0, 0.1) is 12.8 Å². The van der Waals surface area contributed by atoms with Crippen molar-refractivity contribution in [3.63, 3.8) is 0 Å². The van der Waals surface area contributed by atoms with Gasteiger partial charge in [0.25, 0.3) is 5.91 Å². The molecule has 1 aromatic heterocycles. The molecule has 2 unspecified atom stereocenters. The minimum Gasteiger partial charge on any atom is -0.393 e. The molecule has 1 heterocycles. The molecule has 2 rings (SSSR count). The second-order valence-electron chi connectivity index (χ2n) is 4.88. The van der Waals surface area contributed by atoms with Crippen molar-refractivity contribution in [3.8, 4) is 0 Å². The van der Waals surface area contributed by atoms with Crippen molar-refractivity contribution in [1.29, 1.82) is 0 Å². The zero-order valence-electron chi connectivity index (χ0n) is 10.3. The van der Waals surface area contributed by atoms with Crippen molar-refractivity contribution in [1.82, 2.24) is 15.1 Å². The largest absolute Gasteiger partial charge is 0.393 e. The maximum absolute atomic E-state index is 12.0. The Labute approximate surface area is 101 Å². The van der Waals surface area contributed by atoms with Crippen molar-refractivity contribution in [2.75, 3.05) is 13.6 Å². The quantitative estimate of drug-likeness (QED) is 0.822. The lowest BCUT2D eigenvalue weighted by Gasteiger charge is -2.22. The predicted molar refractivity (Wildman–Crippen MR) is 63.6 cm³/mol. The average molecular weight is 237 g/mol. The van der Waals surface area contributed by atoms with Crippen LogP contribution in [0.5, 0.6) is 0 Å². The van der Waals surface area contributed by atoms with E-state index in [1.807, 2.05) is 6.92 Å². The third-order valence-corrected chi connectivity index (χ3v) is 3.40. The molecule has 2 atom stereocenters. The highest BCUT2D eigenvalue weighted by Crippen LogP contribution is 2.26. The van der Waals surface area contributed by atoms with Crippen molar-refractivity contribution < 1.29 is 9.90 Å². The molecule has 1 fully saturated rings. The molecule has 0 saturated heterocycles. The summed E-state index contributed by atoms with van der Waals surface area (Å²) in [4.78, 5) is 13.7. The number of aromatic amines is 1. The highest BCUT2D eigenvalue weighted by Gasteiger charge is 2.28. The summed E-state index contributed by atoms with van der Waals surface area (Å²) in [5.74, 6) is 0.123. The van der Waals surface area contributed by atoms with Crippen LogP contribution in [0.4, 0.5) is 0 Å². The van der Waals surface area contributed by atoms with E-state index >= 15 is 0 Å². The van der Waals surface area contributed by atoms with Gasteiger partial charge in [0.15, 0.2) is 0 Å². The van der Waals surface area contributed by atoms with Gasteiger partial charge >= 0.3 is 0 Å². The number of rotatable bonds is 3. The molecule has 0 aliphatic heterocycles. The number of aryl methyl sites for hydroxylation is 1. The zero-order chi connectivity index (χ0) is 12.4. The number of nitrogens with zero attached hydrogens (tertiary/aromatic N) is 2. The van der Waals surface area contributed by atoms with Crippen LogP contribution in [-0.4, -0.2) is 45.8 Å². The molecular weight excluding hydrogens is 218 g/mol. The van der Waals surface area contributed by atoms with Crippen LogP contribution in [0.1, 0.15) is 35.4 Å². The van der Waals surface area contributed by atoms with Crippen LogP contribution in [-0.2, 0) is 0 Å². The summed E-state index contributed by atoms with van der Waals surface area (Å²) in [5.41, 5.74) is 1.32. The number of aliphatic hydroxyl groups is 1. The predicted octanol–water partition coefficient (Wildman–Crippen LogP) is 0.951. The van der Waals surface area contributed by atoms with E-state index in [4.69, 9.17) is 0 Å². The van der Waals surface area contributed by atoms with Gasteiger partial charge in [0.2, 0.25) is 0 Å². The highest BCUT2D eigenvalue weighted by atomic mass is 16.3. The first kappa shape index (κ1) is 12.1. The fourth-order valence-corrected chi connectivity index (χ4v) is 2.39. The summed E-state index contributed by atoms with van der Waals surface area (Å²) >= 11 is 0. The van der Waals surface area contributed by atoms with Crippen LogP contribution < -0.4 is 0 Å². The lowest BCUT2D eigenvalue weighted by Crippen LogP contribution is -2.34. The van der Waals surface area contributed by atoms with E-state index in [0.29, 0.717) is 12.2 Å². The molecule has 0 radical (unpaired) electrons. The Balaban J connectivity index is 1.95. The molecule has 5 heteroatoms. The van der Waals surface area contributed by atoms with Crippen LogP contribution in [0.15, 0.2) is 6.07 Å². The number of aromatic nitrogens is 2. The standard InChI is InChI=1S/C12H19N3O2/c1-8-6-10(14-13-8)12(17)15(2)7-9-4-3-5-11(9)16/h6,9,11,16H,3-5,7H2,1-2H3,(H,13,14). The molecule has 0 bridgehead atoms. The topological polar surface area (TPSA) is 69.2 Å². The van der Waals surface area contributed by atoms with E-state index in [1.54, 1.807) is 18.0 Å². The van der Waals surface area contributed by atoms with Gasteiger partial charge in [-0.05, 0) is 25.8 Å². The minimum atomic E-state index is -0.258. The first-order valence-electron chi connectivity index (χ1n) is 6.03. The molecule has 1 amide bonds. The zero-order valence-corrected chi connectivity index (χ0v) is 10.3. The summed E-state index contributed by atoms with van der Waals surface area (Å²) in [6.07, 6.45) is 2.65. The molecule has 0 aromatic carbocycles. The normalized spacial score (nSPS) is 23.9. The Kier molecular flexibility index (Phi) is 3.47. The monoisotopic (exact) mass is 237 g/mol. The van der Waals surface area contributed by atoms with E-state index in [0.717, 1.165) is 25.0 Å². The molecule has 0 spiro atoms. The third-order valence-electron chi connectivity index (χ3n) is 3.40. The second kappa shape index (κ2) is 4.87. The molecule has 1 aliphatic rings. The maximum Gasteiger partial charge on any atom is 0.274 e. The van der Waals surface area contributed by atoms with E-state index in [1.165, 1.54) is 0 Å². The molecule has 2 N–H and O–H groups in total. The molecule has 94 valence electrons. The van der Waals surface area contributed by atoms with Gasteiger partial charge < -0.3 is 10.0 Å². The van der Waals surface area contributed by atoms with Gasteiger partial charge in [-0.1, -0.05) is 6.42 Å². The molecule has 1 aromatic rings. The Bertz CT molecular complexity index is 402. The van der Waals surface area contributed by atoms with Crippen LogP contribution >= 0.6 is 0 Å². The molecule has 1 saturated carbocycles. The van der Waals surface area contributed by atoms with Crippen molar-refractivity contribution >= 4 is 5.91 Å². The maximum atomic E-state index is 12.0. The Hall–Kier alpha value is -1.36. The van der Waals surface area contributed by atoms with E-state index in [-0.39, 0.29) is 17.9 Å².